The lowest BCUT2D eigenvalue weighted by molar-refractivity contribution is -0.120. The Kier molecular flexibility index (Phi) is 5.60. The van der Waals surface area contributed by atoms with Crippen LogP contribution in [0, 0.1) is 5.92 Å². The highest BCUT2D eigenvalue weighted by Crippen LogP contribution is 2.34. The molecule has 0 aromatic heterocycles. The number of Topliss-reactive ketones (excluding diaryl/α,β-unsaturated/α-hetero) is 1. The van der Waals surface area contributed by atoms with Gasteiger partial charge >= 0.3 is 0 Å². The van der Waals surface area contributed by atoms with Crippen LogP contribution in [0.3, 0.4) is 0 Å². The maximum absolute atomic E-state index is 12.9. The monoisotopic (exact) mass is 380 g/mol. The maximum atomic E-state index is 12.9. The van der Waals surface area contributed by atoms with E-state index in [9.17, 15) is 9.59 Å². The van der Waals surface area contributed by atoms with Crippen molar-refractivity contribution in [2.75, 3.05) is 36.8 Å². The number of thioether (sulfide) groups is 1. The number of hydrogen-bond donors (Lipinski definition) is 0. The van der Waals surface area contributed by atoms with Gasteiger partial charge in [-0.05, 0) is 38.1 Å². The Morgan fingerprint density at radius 2 is 1.63 bits per heavy atom. The molecule has 0 unspecified atom stereocenters. The van der Waals surface area contributed by atoms with Crippen LogP contribution < -0.4 is 4.90 Å². The van der Waals surface area contributed by atoms with Crippen LogP contribution in [0.2, 0.25) is 0 Å². The number of nitrogens with zero attached hydrogens (tertiary/aromatic N) is 2. The molecule has 27 heavy (non-hydrogen) atoms. The molecule has 0 N–H and O–H groups in total. The van der Waals surface area contributed by atoms with Crippen molar-refractivity contribution in [3.63, 3.8) is 0 Å². The predicted molar refractivity (Wildman–Crippen MR) is 109 cm³/mol. The van der Waals surface area contributed by atoms with Gasteiger partial charge in [0.2, 0.25) is 5.91 Å². The van der Waals surface area contributed by atoms with E-state index in [1.807, 2.05) is 65.2 Å². The van der Waals surface area contributed by atoms with Gasteiger partial charge < -0.3 is 4.90 Å². The molecule has 2 aromatic rings. The molecular weight excluding hydrogens is 356 g/mol. The van der Waals surface area contributed by atoms with Crippen LogP contribution in [-0.2, 0) is 4.79 Å². The number of hydrogen-bond acceptors (Lipinski definition) is 4. The lowest BCUT2D eigenvalue weighted by Crippen LogP contribution is -2.45. The zero-order chi connectivity index (χ0) is 18.6. The van der Waals surface area contributed by atoms with Crippen molar-refractivity contribution < 1.29 is 9.59 Å². The number of para-hydroxylation sites is 1. The van der Waals surface area contributed by atoms with E-state index in [2.05, 4.69) is 11.0 Å². The van der Waals surface area contributed by atoms with Crippen molar-refractivity contribution in [1.29, 1.82) is 0 Å². The standard InChI is InChI=1S/C22H24N2O2S/c25-21(24-14-15-27-20-9-5-4-8-19(20)24)16-23-12-10-18(11-13-23)22(26)17-6-2-1-3-7-17/h1-9,18H,10-16H2. The summed E-state index contributed by atoms with van der Waals surface area (Å²) in [5, 5.41) is 0. The number of carbonyl (C=O) groups excluding carboxylic acids is 2. The Bertz CT molecular complexity index is 816. The number of fused-ring (bicyclic) bond motifs is 1. The van der Waals surface area contributed by atoms with Crippen molar-refractivity contribution in [1.82, 2.24) is 4.90 Å². The van der Waals surface area contributed by atoms with Crippen molar-refractivity contribution in [2.45, 2.75) is 17.7 Å². The first-order chi connectivity index (χ1) is 13.2. The van der Waals surface area contributed by atoms with Gasteiger partial charge in [0.05, 0.1) is 12.2 Å². The summed E-state index contributed by atoms with van der Waals surface area (Å²) >= 11 is 1.81. The lowest BCUT2D eigenvalue weighted by atomic mass is 9.89. The minimum Gasteiger partial charge on any atom is -0.309 e. The Labute approximate surface area is 164 Å². The second-order valence-corrected chi connectivity index (χ2v) is 8.28. The number of anilines is 1. The first kappa shape index (κ1) is 18.3. The molecule has 1 amide bonds. The van der Waals surface area contributed by atoms with Gasteiger partial charge in [-0.2, -0.15) is 0 Å². The van der Waals surface area contributed by atoms with E-state index in [0.29, 0.717) is 6.54 Å². The molecule has 0 atom stereocenters. The van der Waals surface area contributed by atoms with E-state index < -0.39 is 0 Å². The molecule has 0 aliphatic carbocycles. The molecule has 4 rings (SSSR count). The molecule has 0 spiro atoms. The number of rotatable bonds is 4. The number of ketones is 1. The topological polar surface area (TPSA) is 40.6 Å². The predicted octanol–water partition coefficient (Wildman–Crippen LogP) is 3.72. The highest BCUT2D eigenvalue weighted by molar-refractivity contribution is 7.99. The van der Waals surface area contributed by atoms with Crippen LogP contribution in [-0.4, -0.2) is 48.5 Å². The molecule has 140 valence electrons. The van der Waals surface area contributed by atoms with Crippen LogP contribution in [0.1, 0.15) is 23.2 Å². The number of amides is 1. The molecule has 1 saturated heterocycles. The fourth-order valence-electron chi connectivity index (χ4n) is 3.90. The third kappa shape index (κ3) is 4.09. The van der Waals surface area contributed by atoms with Gasteiger partial charge in [-0.1, -0.05) is 42.5 Å². The molecule has 1 fully saturated rings. The van der Waals surface area contributed by atoms with Gasteiger partial charge in [0.15, 0.2) is 5.78 Å². The van der Waals surface area contributed by atoms with Crippen molar-refractivity contribution in [2.24, 2.45) is 5.92 Å². The molecular formula is C22H24N2O2S. The first-order valence-corrected chi connectivity index (χ1v) is 10.5. The Balaban J connectivity index is 1.33. The van der Waals surface area contributed by atoms with Crippen LogP contribution in [0.4, 0.5) is 5.69 Å². The SMILES string of the molecule is O=C(c1ccccc1)C1CCN(CC(=O)N2CCSc3ccccc32)CC1. The van der Waals surface area contributed by atoms with Crippen LogP contribution in [0.25, 0.3) is 0 Å². The lowest BCUT2D eigenvalue weighted by Gasteiger charge is -2.34. The summed E-state index contributed by atoms with van der Waals surface area (Å²) in [7, 11) is 0. The van der Waals surface area contributed by atoms with E-state index in [0.717, 1.165) is 49.5 Å². The van der Waals surface area contributed by atoms with Gasteiger partial charge in [-0.15, -0.1) is 11.8 Å². The third-order valence-electron chi connectivity index (χ3n) is 5.41. The molecule has 4 nitrogen and oxygen atoms in total. The van der Waals surface area contributed by atoms with Crippen LogP contribution >= 0.6 is 11.8 Å². The van der Waals surface area contributed by atoms with E-state index in [1.54, 1.807) is 0 Å². The highest BCUT2D eigenvalue weighted by Gasteiger charge is 2.29. The summed E-state index contributed by atoms with van der Waals surface area (Å²) in [5.41, 5.74) is 1.84. The average molecular weight is 381 g/mol. The molecule has 0 saturated carbocycles. The summed E-state index contributed by atoms with van der Waals surface area (Å²) in [6.07, 6.45) is 1.65. The van der Waals surface area contributed by atoms with Gasteiger partial charge in [0.25, 0.3) is 0 Å². The molecule has 2 heterocycles. The number of benzene rings is 2. The Morgan fingerprint density at radius 1 is 0.926 bits per heavy atom. The normalized spacial score (nSPS) is 18.1. The van der Waals surface area contributed by atoms with Gasteiger partial charge in [0, 0.05) is 28.7 Å². The molecule has 0 radical (unpaired) electrons. The molecule has 0 bridgehead atoms. The smallest absolute Gasteiger partial charge is 0.241 e. The largest absolute Gasteiger partial charge is 0.309 e. The number of likely N-dealkylation sites (tertiary alicyclic amines) is 1. The quantitative estimate of drug-likeness (QED) is 0.758. The molecule has 2 aliphatic rings. The second-order valence-electron chi connectivity index (χ2n) is 7.14. The zero-order valence-corrected chi connectivity index (χ0v) is 16.2. The average Bonchev–Trinajstić information content (AvgIpc) is 2.74. The van der Waals surface area contributed by atoms with Crippen molar-refractivity contribution >= 4 is 29.1 Å². The first-order valence-electron chi connectivity index (χ1n) is 9.56. The fraction of sp³-hybridized carbons (Fsp3) is 0.364. The number of piperidine rings is 1. The summed E-state index contributed by atoms with van der Waals surface area (Å²) in [4.78, 5) is 30.8. The summed E-state index contributed by atoms with van der Waals surface area (Å²) < 4.78 is 0. The van der Waals surface area contributed by atoms with Gasteiger partial charge in [-0.3, -0.25) is 14.5 Å². The zero-order valence-electron chi connectivity index (χ0n) is 15.3. The van der Waals surface area contributed by atoms with Gasteiger partial charge in [0.1, 0.15) is 0 Å². The second kappa shape index (κ2) is 8.28. The van der Waals surface area contributed by atoms with Crippen LogP contribution in [0.15, 0.2) is 59.5 Å². The van der Waals surface area contributed by atoms with E-state index in [4.69, 9.17) is 0 Å². The summed E-state index contributed by atoms with van der Waals surface area (Å²) in [6.45, 7) is 2.81. The minimum absolute atomic E-state index is 0.0749. The third-order valence-corrected chi connectivity index (χ3v) is 6.45. The Hall–Kier alpha value is -2.11. The maximum Gasteiger partial charge on any atom is 0.241 e. The summed E-state index contributed by atoms with van der Waals surface area (Å²) in [6, 6.07) is 17.7. The van der Waals surface area contributed by atoms with E-state index >= 15 is 0 Å². The van der Waals surface area contributed by atoms with E-state index in [-0.39, 0.29) is 17.6 Å². The van der Waals surface area contributed by atoms with E-state index in [1.165, 1.54) is 4.90 Å². The molecule has 5 heteroatoms. The van der Waals surface area contributed by atoms with Crippen molar-refractivity contribution in [3.8, 4) is 0 Å². The number of carbonyl (C=O) groups is 2. The molecule has 2 aromatic carbocycles. The van der Waals surface area contributed by atoms with Crippen molar-refractivity contribution in [3.05, 3.63) is 60.2 Å². The van der Waals surface area contributed by atoms with Gasteiger partial charge in [-0.25, -0.2) is 0 Å². The fourth-order valence-corrected chi connectivity index (χ4v) is 4.89. The van der Waals surface area contributed by atoms with Crippen LogP contribution in [0.5, 0.6) is 0 Å². The minimum atomic E-state index is 0.0749. The highest BCUT2D eigenvalue weighted by atomic mass is 32.2. The Morgan fingerprint density at radius 3 is 2.41 bits per heavy atom. The molecule has 2 aliphatic heterocycles. The summed E-state index contributed by atoms with van der Waals surface area (Å²) in [5.74, 6) is 1.42.